The molecule has 1 heterocycles. The van der Waals surface area contributed by atoms with Gasteiger partial charge in [-0.2, -0.15) is 0 Å². The van der Waals surface area contributed by atoms with Crippen LogP contribution in [0.1, 0.15) is 26.7 Å². The maximum absolute atomic E-state index is 11.0. The summed E-state index contributed by atoms with van der Waals surface area (Å²) in [5.74, 6) is -0.127. The zero-order chi connectivity index (χ0) is 9.90. The molecule has 76 valence electrons. The highest BCUT2D eigenvalue weighted by molar-refractivity contribution is 5.71. The molecule has 0 aromatic rings. The number of esters is 1. The second-order valence-electron chi connectivity index (χ2n) is 4.55. The van der Waals surface area contributed by atoms with Gasteiger partial charge in [-0.1, -0.05) is 13.8 Å². The predicted molar refractivity (Wildman–Crippen MR) is 51.5 cm³/mol. The van der Waals surface area contributed by atoms with E-state index in [0.29, 0.717) is 12.0 Å². The van der Waals surface area contributed by atoms with E-state index in [9.17, 15) is 4.79 Å². The minimum atomic E-state index is -0.127. The van der Waals surface area contributed by atoms with Crippen LogP contribution < -0.4 is 0 Å². The number of likely N-dealkylation sites (tertiary alicyclic amines) is 1. The van der Waals surface area contributed by atoms with Crippen LogP contribution >= 0.6 is 0 Å². The van der Waals surface area contributed by atoms with Gasteiger partial charge in [-0.05, 0) is 24.8 Å². The maximum Gasteiger partial charge on any atom is 0.319 e. The fourth-order valence-corrected chi connectivity index (χ4v) is 1.93. The summed E-state index contributed by atoms with van der Waals surface area (Å²) in [6.45, 7) is 6.97. The first kappa shape index (κ1) is 10.5. The molecule has 0 saturated carbocycles. The van der Waals surface area contributed by atoms with Gasteiger partial charge in [-0.3, -0.25) is 9.69 Å². The first-order valence-electron chi connectivity index (χ1n) is 4.83. The summed E-state index contributed by atoms with van der Waals surface area (Å²) >= 11 is 0. The molecular formula is C10H19NO2. The van der Waals surface area contributed by atoms with Gasteiger partial charge in [0, 0.05) is 6.54 Å². The van der Waals surface area contributed by atoms with Gasteiger partial charge in [0.1, 0.15) is 0 Å². The molecule has 0 aliphatic carbocycles. The Morgan fingerprint density at radius 2 is 2.23 bits per heavy atom. The van der Waals surface area contributed by atoms with E-state index in [1.807, 2.05) is 0 Å². The van der Waals surface area contributed by atoms with Crippen molar-refractivity contribution in [3.05, 3.63) is 0 Å². The molecule has 1 aliphatic heterocycles. The Balaban J connectivity index is 2.39. The van der Waals surface area contributed by atoms with Crippen LogP contribution in [0.5, 0.6) is 0 Å². The fourth-order valence-electron chi connectivity index (χ4n) is 1.93. The summed E-state index contributed by atoms with van der Waals surface area (Å²) < 4.78 is 4.64. The van der Waals surface area contributed by atoms with Gasteiger partial charge in [0.25, 0.3) is 0 Å². The van der Waals surface area contributed by atoms with E-state index >= 15 is 0 Å². The van der Waals surface area contributed by atoms with E-state index in [4.69, 9.17) is 0 Å². The standard InChI is InChI=1S/C10H19NO2/c1-10(2)5-4-6-11(8-10)7-9(12)13-3/h4-8H2,1-3H3. The number of ether oxygens (including phenoxy) is 1. The van der Waals surface area contributed by atoms with Crippen molar-refractivity contribution in [3.8, 4) is 0 Å². The van der Waals surface area contributed by atoms with Crippen molar-refractivity contribution >= 4 is 5.97 Å². The highest BCUT2D eigenvalue weighted by Gasteiger charge is 2.27. The van der Waals surface area contributed by atoms with Crippen LogP contribution in [0.4, 0.5) is 0 Å². The number of hydrogen-bond donors (Lipinski definition) is 0. The Kier molecular flexibility index (Phi) is 3.31. The van der Waals surface area contributed by atoms with Crippen LogP contribution in [-0.2, 0) is 9.53 Å². The van der Waals surface area contributed by atoms with Gasteiger partial charge >= 0.3 is 5.97 Å². The number of nitrogens with zero attached hydrogens (tertiary/aromatic N) is 1. The van der Waals surface area contributed by atoms with Gasteiger partial charge in [0.05, 0.1) is 13.7 Å². The van der Waals surface area contributed by atoms with Gasteiger partial charge in [0.15, 0.2) is 0 Å². The molecule has 13 heavy (non-hydrogen) atoms. The third-order valence-corrected chi connectivity index (χ3v) is 2.56. The van der Waals surface area contributed by atoms with Crippen molar-refractivity contribution < 1.29 is 9.53 Å². The highest BCUT2D eigenvalue weighted by Crippen LogP contribution is 2.27. The lowest BCUT2D eigenvalue weighted by Gasteiger charge is -2.37. The summed E-state index contributed by atoms with van der Waals surface area (Å²) in [4.78, 5) is 13.2. The summed E-state index contributed by atoms with van der Waals surface area (Å²) in [7, 11) is 1.44. The molecule has 1 fully saturated rings. The van der Waals surface area contributed by atoms with E-state index in [0.717, 1.165) is 13.1 Å². The van der Waals surface area contributed by atoms with E-state index in [2.05, 4.69) is 23.5 Å². The van der Waals surface area contributed by atoms with E-state index in [1.165, 1.54) is 20.0 Å². The van der Waals surface area contributed by atoms with Crippen LogP contribution in [0, 0.1) is 5.41 Å². The second kappa shape index (κ2) is 4.09. The zero-order valence-corrected chi connectivity index (χ0v) is 8.80. The zero-order valence-electron chi connectivity index (χ0n) is 8.80. The van der Waals surface area contributed by atoms with E-state index in [-0.39, 0.29) is 5.97 Å². The molecule has 0 bridgehead atoms. The number of methoxy groups -OCH3 is 1. The molecule has 0 unspecified atom stereocenters. The highest BCUT2D eigenvalue weighted by atomic mass is 16.5. The van der Waals surface area contributed by atoms with Crippen molar-refractivity contribution in [1.82, 2.24) is 4.90 Å². The molecule has 3 heteroatoms. The van der Waals surface area contributed by atoms with Gasteiger partial charge < -0.3 is 4.74 Å². The lowest BCUT2D eigenvalue weighted by atomic mass is 9.84. The fraction of sp³-hybridized carbons (Fsp3) is 0.900. The first-order valence-corrected chi connectivity index (χ1v) is 4.83. The van der Waals surface area contributed by atoms with Crippen LogP contribution in [0.2, 0.25) is 0 Å². The number of carbonyl (C=O) groups is 1. The minimum Gasteiger partial charge on any atom is -0.468 e. The Labute approximate surface area is 80.1 Å². The molecule has 0 aromatic carbocycles. The third-order valence-electron chi connectivity index (χ3n) is 2.56. The number of hydrogen-bond acceptors (Lipinski definition) is 3. The molecule has 0 amide bonds. The molecule has 0 spiro atoms. The third kappa shape index (κ3) is 3.35. The van der Waals surface area contributed by atoms with Crippen molar-refractivity contribution in [3.63, 3.8) is 0 Å². The number of rotatable bonds is 2. The maximum atomic E-state index is 11.0. The van der Waals surface area contributed by atoms with Crippen molar-refractivity contribution in [2.75, 3.05) is 26.7 Å². The van der Waals surface area contributed by atoms with Crippen LogP contribution in [0.25, 0.3) is 0 Å². The van der Waals surface area contributed by atoms with Crippen molar-refractivity contribution in [2.45, 2.75) is 26.7 Å². The second-order valence-corrected chi connectivity index (χ2v) is 4.55. The van der Waals surface area contributed by atoms with Crippen LogP contribution in [-0.4, -0.2) is 37.6 Å². The largest absolute Gasteiger partial charge is 0.468 e. The molecule has 1 saturated heterocycles. The Hall–Kier alpha value is -0.570. The smallest absolute Gasteiger partial charge is 0.319 e. The molecule has 3 nitrogen and oxygen atoms in total. The van der Waals surface area contributed by atoms with Gasteiger partial charge in [-0.25, -0.2) is 0 Å². The lowest BCUT2D eigenvalue weighted by molar-refractivity contribution is -0.142. The monoisotopic (exact) mass is 185 g/mol. The summed E-state index contributed by atoms with van der Waals surface area (Å²) in [5.41, 5.74) is 0.353. The molecule has 0 aromatic heterocycles. The van der Waals surface area contributed by atoms with E-state index < -0.39 is 0 Å². The summed E-state index contributed by atoms with van der Waals surface area (Å²) in [6.07, 6.45) is 2.44. The average molecular weight is 185 g/mol. The Morgan fingerprint density at radius 1 is 1.54 bits per heavy atom. The molecule has 1 aliphatic rings. The van der Waals surface area contributed by atoms with Gasteiger partial charge in [-0.15, -0.1) is 0 Å². The summed E-state index contributed by atoms with van der Waals surface area (Å²) in [6, 6.07) is 0. The SMILES string of the molecule is COC(=O)CN1CCCC(C)(C)C1. The molecule has 0 atom stereocenters. The number of piperidine rings is 1. The normalized spacial score (nSPS) is 22.7. The van der Waals surface area contributed by atoms with Crippen LogP contribution in [0.3, 0.4) is 0 Å². The molecule has 1 rings (SSSR count). The molecular weight excluding hydrogens is 166 g/mol. The topological polar surface area (TPSA) is 29.5 Å². The quantitative estimate of drug-likeness (QED) is 0.607. The van der Waals surface area contributed by atoms with E-state index in [1.54, 1.807) is 0 Å². The predicted octanol–water partition coefficient (Wildman–Crippen LogP) is 1.28. The Morgan fingerprint density at radius 3 is 2.77 bits per heavy atom. The number of carbonyl (C=O) groups excluding carboxylic acids is 1. The Bertz CT molecular complexity index is 189. The molecule has 0 N–H and O–H groups in total. The average Bonchev–Trinajstić information content (AvgIpc) is 2.02. The first-order chi connectivity index (χ1) is 6.03. The van der Waals surface area contributed by atoms with Crippen molar-refractivity contribution in [1.29, 1.82) is 0 Å². The summed E-state index contributed by atoms with van der Waals surface area (Å²) in [5, 5.41) is 0. The minimum absolute atomic E-state index is 0.127. The molecule has 0 radical (unpaired) electrons. The lowest BCUT2D eigenvalue weighted by Crippen LogP contribution is -2.42. The van der Waals surface area contributed by atoms with Crippen molar-refractivity contribution in [2.24, 2.45) is 5.41 Å². The van der Waals surface area contributed by atoms with Crippen LogP contribution in [0.15, 0.2) is 0 Å². The van der Waals surface area contributed by atoms with Gasteiger partial charge in [0.2, 0.25) is 0 Å².